The zero-order valence-electron chi connectivity index (χ0n) is 14.6. The van der Waals surface area contributed by atoms with Crippen LogP contribution in [0.5, 0.6) is 0 Å². The van der Waals surface area contributed by atoms with Gasteiger partial charge in [0.05, 0.1) is 12.7 Å². The van der Waals surface area contributed by atoms with E-state index in [9.17, 15) is 5.11 Å². The van der Waals surface area contributed by atoms with E-state index in [1.165, 1.54) is 5.57 Å². The topological polar surface area (TPSA) is 49.7 Å². The molecular weight excluding hydrogens is 276 g/mol. The fraction of sp³-hybridized carbons (Fsp3) is 0.895. The minimum absolute atomic E-state index is 0.124. The van der Waals surface area contributed by atoms with Crippen molar-refractivity contribution in [1.29, 1.82) is 0 Å². The van der Waals surface area contributed by atoms with Gasteiger partial charge >= 0.3 is 0 Å². The highest BCUT2D eigenvalue weighted by Crippen LogP contribution is 2.67. The Labute approximate surface area is 134 Å². The second-order valence-electron chi connectivity index (χ2n) is 8.38. The minimum atomic E-state index is -1.01. The fourth-order valence-electron chi connectivity index (χ4n) is 6.31. The largest absolute Gasteiger partial charge is 0.391 e. The van der Waals surface area contributed by atoms with Gasteiger partial charge in [-0.3, -0.25) is 0 Å². The van der Waals surface area contributed by atoms with E-state index < -0.39 is 6.29 Å². The molecule has 126 valence electrons. The van der Waals surface area contributed by atoms with Crippen molar-refractivity contribution in [3.05, 3.63) is 11.1 Å². The molecule has 0 aromatic rings. The smallest absolute Gasteiger partial charge is 0.178 e. The van der Waals surface area contributed by atoms with Crippen molar-refractivity contribution in [2.75, 3.05) is 6.61 Å². The average molecular weight is 308 g/mol. The number of aliphatic hydroxyl groups is 2. The lowest BCUT2D eigenvalue weighted by Gasteiger charge is -2.37. The Morgan fingerprint density at radius 3 is 2.41 bits per heavy atom. The third-order valence-corrected chi connectivity index (χ3v) is 6.68. The van der Waals surface area contributed by atoms with Crippen LogP contribution >= 0.6 is 0 Å². The van der Waals surface area contributed by atoms with Crippen molar-refractivity contribution < 1.29 is 14.9 Å². The maximum Gasteiger partial charge on any atom is 0.178 e. The first-order valence-corrected chi connectivity index (χ1v) is 8.98. The normalized spacial score (nSPS) is 44.7. The van der Waals surface area contributed by atoms with Gasteiger partial charge in [-0.25, -0.2) is 0 Å². The molecule has 2 bridgehead atoms. The van der Waals surface area contributed by atoms with Crippen LogP contribution in [-0.4, -0.2) is 29.2 Å². The van der Waals surface area contributed by atoms with Gasteiger partial charge in [-0.15, -0.1) is 0 Å². The van der Waals surface area contributed by atoms with E-state index in [4.69, 9.17) is 9.84 Å². The van der Waals surface area contributed by atoms with E-state index >= 15 is 0 Å². The quantitative estimate of drug-likeness (QED) is 0.619. The maximum absolute atomic E-state index is 9.58. The van der Waals surface area contributed by atoms with Crippen molar-refractivity contribution in [2.45, 2.75) is 59.9 Å². The summed E-state index contributed by atoms with van der Waals surface area (Å²) in [5.74, 6) is 5.17. The number of rotatable bonds is 4. The molecule has 3 saturated carbocycles. The lowest BCUT2D eigenvalue weighted by Crippen LogP contribution is -2.30. The number of fused-ring (bicyclic) bond motifs is 5. The van der Waals surface area contributed by atoms with Crippen LogP contribution < -0.4 is 0 Å². The van der Waals surface area contributed by atoms with Crippen LogP contribution in [-0.2, 0) is 4.74 Å². The molecule has 8 unspecified atom stereocenters. The zero-order chi connectivity index (χ0) is 16.2. The van der Waals surface area contributed by atoms with Gasteiger partial charge in [0.25, 0.3) is 0 Å². The first-order chi connectivity index (χ1) is 10.4. The highest BCUT2D eigenvalue weighted by molar-refractivity contribution is 5.31. The molecule has 0 heterocycles. The van der Waals surface area contributed by atoms with E-state index in [-0.39, 0.29) is 12.7 Å². The molecule has 0 aromatic carbocycles. The standard InChI is InChI=1S/C19H32O3/c1-9(2)16-17(10(3)4)19-11(5)18(16)13-6-12(7-14(13)19)22-15(21)8-20/h9,11-16,18-21H,6-8H2,1-5H3. The van der Waals surface area contributed by atoms with E-state index in [1.807, 2.05) is 0 Å². The molecule has 0 saturated heterocycles. The van der Waals surface area contributed by atoms with Crippen LogP contribution in [0.3, 0.4) is 0 Å². The first kappa shape index (κ1) is 16.5. The summed E-state index contributed by atoms with van der Waals surface area (Å²) in [5, 5.41) is 18.6. The molecule has 3 rings (SSSR count). The summed E-state index contributed by atoms with van der Waals surface area (Å²) >= 11 is 0. The van der Waals surface area contributed by atoms with E-state index in [0.717, 1.165) is 42.4 Å². The maximum atomic E-state index is 9.58. The molecule has 3 aliphatic rings. The number of ether oxygens (including phenoxy) is 1. The molecule has 0 aliphatic heterocycles. The van der Waals surface area contributed by atoms with Crippen molar-refractivity contribution in [3.8, 4) is 0 Å². The predicted molar refractivity (Wildman–Crippen MR) is 87.0 cm³/mol. The van der Waals surface area contributed by atoms with Crippen LogP contribution in [0.2, 0.25) is 0 Å². The summed E-state index contributed by atoms with van der Waals surface area (Å²) in [6, 6.07) is 0. The third-order valence-electron chi connectivity index (χ3n) is 6.68. The highest BCUT2D eigenvalue weighted by atomic mass is 16.6. The van der Waals surface area contributed by atoms with Gasteiger partial charge < -0.3 is 14.9 Å². The van der Waals surface area contributed by atoms with Crippen molar-refractivity contribution in [1.82, 2.24) is 0 Å². The first-order valence-electron chi connectivity index (χ1n) is 8.98. The van der Waals surface area contributed by atoms with Crippen molar-refractivity contribution >= 4 is 0 Å². The summed E-state index contributed by atoms with van der Waals surface area (Å²) in [5.41, 5.74) is 3.26. The van der Waals surface area contributed by atoms with Gasteiger partial charge in [0.15, 0.2) is 6.29 Å². The Morgan fingerprint density at radius 1 is 1.23 bits per heavy atom. The molecule has 3 nitrogen and oxygen atoms in total. The van der Waals surface area contributed by atoms with Crippen LogP contribution in [0, 0.1) is 41.4 Å². The summed E-state index contributed by atoms with van der Waals surface area (Å²) in [7, 11) is 0. The van der Waals surface area contributed by atoms with Crippen LogP contribution in [0.4, 0.5) is 0 Å². The number of hydrogen-bond donors (Lipinski definition) is 2. The van der Waals surface area contributed by atoms with Gasteiger partial charge in [-0.2, -0.15) is 0 Å². The zero-order valence-corrected chi connectivity index (χ0v) is 14.6. The minimum Gasteiger partial charge on any atom is -0.391 e. The second kappa shape index (κ2) is 5.92. The molecule has 8 atom stereocenters. The van der Waals surface area contributed by atoms with Crippen LogP contribution in [0.15, 0.2) is 11.1 Å². The summed E-state index contributed by atoms with van der Waals surface area (Å²) in [6.45, 7) is 11.5. The Morgan fingerprint density at radius 2 is 1.86 bits per heavy atom. The molecule has 0 amide bonds. The Kier molecular flexibility index (Phi) is 4.43. The van der Waals surface area contributed by atoms with Crippen molar-refractivity contribution in [3.63, 3.8) is 0 Å². The summed E-state index contributed by atoms with van der Waals surface area (Å²) in [6.07, 6.45) is 1.23. The molecular formula is C19H32O3. The lowest BCUT2D eigenvalue weighted by molar-refractivity contribution is -0.156. The van der Waals surface area contributed by atoms with E-state index in [2.05, 4.69) is 34.6 Å². The SMILES string of the molecule is CC(C)=C1C2C(C)C(C3CC(OC(O)CO)CC32)C1C(C)C. The van der Waals surface area contributed by atoms with Gasteiger partial charge in [-0.05, 0) is 68.1 Å². The van der Waals surface area contributed by atoms with E-state index in [0.29, 0.717) is 11.8 Å². The molecule has 22 heavy (non-hydrogen) atoms. The Balaban J connectivity index is 1.84. The predicted octanol–water partition coefficient (Wildman–Crippen LogP) is 3.21. The monoisotopic (exact) mass is 308 g/mol. The summed E-state index contributed by atoms with van der Waals surface area (Å²) < 4.78 is 5.64. The average Bonchev–Trinajstić information content (AvgIpc) is 3.04. The van der Waals surface area contributed by atoms with Gasteiger partial charge in [0.2, 0.25) is 0 Å². The molecule has 2 N–H and O–H groups in total. The molecule has 3 fully saturated rings. The van der Waals surface area contributed by atoms with Crippen molar-refractivity contribution in [2.24, 2.45) is 41.4 Å². The number of aliphatic hydroxyl groups excluding tert-OH is 2. The van der Waals surface area contributed by atoms with Gasteiger partial charge in [0, 0.05) is 0 Å². The molecule has 3 aliphatic carbocycles. The highest BCUT2D eigenvalue weighted by Gasteiger charge is 2.62. The molecule has 0 aromatic heterocycles. The molecule has 0 radical (unpaired) electrons. The number of hydrogen-bond acceptors (Lipinski definition) is 3. The number of allylic oxidation sites excluding steroid dienone is 2. The molecule has 0 spiro atoms. The Hall–Kier alpha value is -0.380. The van der Waals surface area contributed by atoms with Gasteiger partial charge in [0.1, 0.15) is 0 Å². The fourth-order valence-corrected chi connectivity index (χ4v) is 6.31. The Bertz CT molecular complexity index is 452. The van der Waals surface area contributed by atoms with Crippen LogP contribution in [0.25, 0.3) is 0 Å². The lowest BCUT2D eigenvalue weighted by atomic mass is 9.68. The second-order valence-corrected chi connectivity index (χ2v) is 8.38. The molecule has 3 heteroatoms. The van der Waals surface area contributed by atoms with Gasteiger partial charge in [-0.1, -0.05) is 31.9 Å². The third kappa shape index (κ3) is 2.37. The summed E-state index contributed by atoms with van der Waals surface area (Å²) in [4.78, 5) is 0. The van der Waals surface area contributed by atoms with Crippen LogP contribution in [0.1, 0.15) is 47.5 Å². The van der Waals surface area contributed by atoms with E-state index in [1.54, 1.807) is 5.57 Å².